The molecule has 0 saturated heterocycles. The fourth-order valence-corrected chi connectivity index (χ4v) is 1.44. The molecule has 0 bridgehead atoms. The van der Waals surface area contributed by atoms with Gasteiger partial charge < -0.3 is 10.1 Å². The zero-order valence-electron chi connectivity index (χ0n) is 10.1. The van der Waals surface area contributed by atoms with Crippen molar-refractivity contribution in [2.24, 2.45) is 5.92 Å². The van der Waals surface area contributed by atoms with E-state index in [1.165, 1.54) is 25.7 Å². The molecule has 14 heavy (non-hydrogen) atoms. The quantitative estimate of drug-likeness (QED) is 0.549. The SMILES string of the molecule is CCCCOCCNCC(C)CCC. The largest absolute Gasteiger partial charge is 0.380 e. The summed E-state index contributed by atoms with van der Waals surface area (Å²) in [6, 6.07) is 0. The maximum atomic E-state index is 5.45. The summed E-state index contributed by atoms with van der Waals surface area (Å²) in [6.45, 7) is 10.6. The van der Waals surface area contributed by atoms with Gasteiger partial charge in [-0.1, -0.05) is 33.6 Å². The number of unbranched alkanes of at least 4 members (excludes halogenated alkanes) is 1. The highest BCUT2D eigenvalue weighted by molar-refractivity contribution is 4.55. The van der Waals surface area contributed by atoms with Crippen molar-refractivity contribution in [2.75, 3.05) is 26.3 Å². The lowest BCUT2D eigenvalue weighted by Crippen LogP contribution is -2.25. The van der Waals surface area contributed by atoms with Crippen LogP contribution in [0.2, 0.25) is 0 Å². The summed E-state index contributed by atoms with van der Waals surface area (Å²) in [5.41, 5.74) is 0. The van der Waals surface area contributed by atoms with Gasteiger partial charge in [0.2, 0.25) is 0 Å². The summed E-state index contributed by atoms with van der Waals surface area (Å²) < 4.78 is 5.45. The number of hydrogen-bond donors (Lipinski definition) is 1. The van der Waals surface area contributed by atoms with Crippen LogP contribution >= 0.6 is 0 Å². The first-order valence-electron chi connectivity index (χ1n) is 6.09. The lowest BCUT2D eigenvalue weighted by atomic mass is 10.1. The monoisotopic (exact) mass is 201 g/mol. The molecule has 1 N–H and O–H groups in total. The molecule has 0 heterocycles. The van der Waals surface area contributed by atoms with E-state index in [1.807, 2.05) is 0 Å². The van der Waals surface area contributed by atoms with Gasteiger partial charge in [0.05, 0.1) is 6.61 Å². The van der Waals surface area contributed by atoms with Crippen molar-refractivity contribution in [2.45, 2.75) is 46.5 Å². The molecule has 0 radical (unpaired) electrons. The molecule has 0 aromatic rings. The smallest absolute Gasteiger partial charge is 0.0590 e. The molecule has 86 valence electrons. The van der Waals surface area contributed by atoms with Crippen LogP contribution < -0.4 is 5.32 Å². The second kappa shape index (κ2) is 11.0. The van der Waals surface area contributed by atoms with Crippen molar-refractivity contribution in [3.63, 3.8) is 0 Å². The van der Waals surface area contributed by atoms with Crippen molar-refractivity contribution in [3.05, 3.63) is 0 Å². The van der Waals surface area contributed by atoms with E-state index in [0.717, 1.165) is 32.2 Å². The molecule has 0 saturated carbocycles. The van der Waals surface area contributed by atoms with E-state index in [1.54, 1.807) is 0 Å². The van der Waals surface area contributed by atoms with Crippen molar-refractivity contribution >= 4 is 0 Å². The molecule has 0 aromatic carbocycles. The van der Waals surface area contributed by atoms with E-state index < -0.39 is 0 Å². The van der Waals surface area contributed by atoms with Crippen LogP contribution in [0.1, 0.15) is 46.5 Å². The molecule has 0 aliphatic heterocycles. The third-order valence-electron chi connectivity index (χ3n) is 2.34. The van der Waals surface area contributed by atoms with E-state index in [2.05, 4.69) is 26.1 Å². The van der Waals surface area contributed by atoms with Gasteiger partial charge in [-0.2, -0.15) is 0 Å². The highest BCUT2D eigenvalue weighted by atomic mass is 16.5. The summed E-state index contributed by atoms with van der Waals surface area (Å²) >= 11 is 0. The molecule has 0 aliphatic carbocycles. The maximum absolute atomic E-state index is 5.45. The molecule has 1 unspecified atom stereocenters. The first-order chi connectivity index (χ1) is 6.81. The van der Waals surface area contributed by atoms with Crippen LogP contribution in [0, 0.1) is 5.92 Å². The third-order valence-corrected chi connectivity index (χ3v) is 2.34. The molecule has 0 fully saturated rings. The normalized spacial score (nSPS) is 13.1. The van der Waals surface area contributed by atoms with E-state index in [4.69, 9.17) is 4.74 Å². The summed E-state index contributed by atoms with van der Waals surface area (Å²) in [5.74, 6) is 0.802. The Balaban J connectivity index is 2.98. The first kappa shape index (κ1) is 13.9. The minimum atomic E-state index is 0.802. The Hall–Kier alpha value is -0.0800. The van der Waals surface area contributed by atoms with Crippen molar-refractivity contribution < 1.29 is 4.74 Å². The lowest BCUT2D eigenvalue weighted by molar-refractivity contribution is 0.132. The molecule has 2 nitrogen and oxygen atoms in total. The van der Waals surface area contributed by atoms with Gasteiger partial charge in [0.1, 0.15) is 0 Å². The minimum absolute atomic E-state index is 0.802. The maximum Gasteiger partial charge on any atom is 0.0590 e. The van der Waals surface area contributed by atoms with Crippen LogP contribution in [0.4, 0.5) is 0 Å². The Morgan fingerprint density at radius 1 is 1.14 bits per heavy atom. The van der Waals surface area contributed by atoms with Gasteiger partial charge in [-0.3, -0.25) is 0 Å². The van der Waals surface area contributed by atoms with Gasteiger partial charge in [0.15, 0.2) is 0 Å². The number of nitrogens with one attached hydrogen (secondary N) is 1. The highest BCUT2D eigenvalue weighted by Crippen LogP contribution is 2.02. The predicted molar refractivity (Wildman–Crippen MR) is 62.7 cm³/mol. The Labute approximate surface area is 89.4 Å². The van der Waals surface area contributed by atoms with E-state index in [0.29, 0.717) is 0 Å². The summed E-state index contributed by atoms with van der Waals surface area (Å²) in [5, 5.41) is 3.42. The van der Waals surface area contributed by atoms with Crippen LogP contribution in [-0.2, 0) is 4.74 Å². The molecule has 0 aliphatic rings. The van der Waals surface area contributed by atoms with Crippen LogP contribution in [0.3, 0.4) is 0 Å². The number of hydrogen-bond acceptors (Lipinski definition) is 2. The lowest BCUT2D eigenvalue weighted by Gasteiger charge is -2.11. The number of rotatable bonds is 10. The topological polar surface area (TPSA) is 21.3 Å². The zero-order valence-corrected chi connectivity index (χ0v) is 10.1. The second-order valence-corrected chi connectivity index (χ2v) is 4.06. The van der Waals surface area contributed by atoms with Gasteiger partial charge in [-0.25, -0.2) is 0 Å². The standard InChI is InChI=1S/C12H27NO/c1-4-6-9-14-10-8-13-11-12(3)7-5-2/h12-13H,4-11H2,1-3H3. The van der Waals surface area contributed by atoms with Crippen LogP contribution in [-0.4, -0.2) is 26.3 Å². The van der Waals surface area contributed by atoms with Gasteiger partial charge in [-0.05, 0) is 25.3 Å². The second-order valence-electron chi connectivity index (χ2n) is 4.06. The fourth-order valence-electron chi connectivity index (χ4n) is 1.44. The molecule has 0 amide bonds. The van der Waals surface area contributed by atoms with Crippen LogP contribution in [0.5, 0.6) is 0 Å². The van der Waals surface area contributed by atoms with Gasteiger partial charge in [0, 0.05) is 13.2 Å². The predicted octanol–water partition coefficient (Wildman–Crippen LogP) is 2.83. The molecule has 1 atom stereocenters. The molecule has 2 heteroatoms. The van der Waals surface area contributed by atoms with E-state index in [-0.39, 0.29) is 0 Å². The van der Waals surface area contributed by atoms with Crippen molar-refractivity contribution in [3.8, 4) is 0 Å². The molecular weight excluding hydrogens is 174 g/mol. The average Bonchev–Trinajstić information content (AvgIpc) is 2.17. The Morgan fingerprint density at radius 3 is 2.57 bits per heavy atom. The Bertz CT molecular complexity index is 106. The zero-order chi connectivity index (χ0) is 10.6. The van der Waals surface area contributed by atoms with Crippen LogP contribution in [0.15, 0.2) is 0 Å². The van der Waals surface area contributed by atoms with Crippen molar-refractivity contribution in [1.82, 2.24) is 5.32 Å². The Kier molecular flexibility index (Phi) is 10.9. The first-order valence-corrected chi connectivity index (χ1v) is 6.09. The molecule has 0 spiro atoms. The van der Waals surface area contributed by atoms with Crippen LogP contribution in [0.25, 0.3) is 0 Å². The minimum Gasteiger partial charge on any atom is -0.380 e. The molecular formula is C12H27NO. The van der Waals surface area contributed by atoms with Crippen molar-refractivity contribution in [1.29, 1.82) is 0 Å². The van der Waals surface area contributed by atoms with E-state index in [9.17, 15) is 0 Å². The number of ether oxygens (including phenoxy) is 1. The average molecular weight is 201 g/mol. The Morgan fingerprint density at radius 2 is 1.93 bits per heavy atom. The fraction of sp³-hybridized carbons (Fsp3) is 1.00. The molecule has 0 rings (SSSR count). The molecule has 0 aromatic heterocycles. The highest BCUT2D eigenvalue weighted by Gasteiger charge is 1.98. The van der Waals surface area contributed by atoms with Gasteiger partial charge in [0.25, 0.3) is 0 Å². The summed E-state index contributed by atoms with van der Waals surface area (Å²) in [6.07, 6.45) is 5.02. The van der Waals surface area contributed by atoms with Gasteiger partial charge in [-0.15, -0.1) is 0 Å². The third kappa shape index (κ3) is 10.0. The summed E-state index contributed by atoms with van der Waals surface area (Å²) in [7, 11) is 0. The van der Waals surface area contributed by atoms with E-state index >= 15 is 0 Å². The van der Waals surface area contributed by atoms with Gasteiger partial charge >= 0.3 is 0 Å². The summed E-state index contributed by atoms with van der Waals surface area (Å²) in [4.78, 5) is 0.